The molecule has 0 amide bonds. The molecule has 0 aliphatic rings. The first-order valence-electron chi connectivity index (χ1n) is 7.51. The molecule has 2 N–H and O–H groups in total. The van der Waals surface area contributed by atoms with E-state index in [2.05, 4.69) is 6.58 Å². The van der Waals surface area contributed by atoms with Crippen molar-refractivity contribution in [3.05, 3.63) is 51.6 Å². The second kappa shape index (κ2) is 7.69. The zero-order chi connectivity index (χ0) is 19.4. The second-order valence-corrected chi connectivity index (χ2v) is 5.75. The van der Waals surface area contributed by atoms with Gasteiger partial charge in [-0.05, 0) is 19.8 Å². The number of ketones is 1. The third-order valence-corrected chi connectivity index (χ3v) is 4.20. The number of nitro groups is 1. The Bertz CT molecular complexity index is 753. The van der Waals surface area contributed by atoms with E-state index < -0.39 is 34.5 Å². The van der Waals surface area contributed by atoms with Gasteiger partial charge in [-0.3, -0.25) is 24.5 Å². The smallest absolute Gasteiger partial charge is 0.313 e. The van der Waals surface area contributed by atoms with Gasteiger partial charge < -0.3 is 10.2 Å². The van der Waals surface area contributed by atoms with E-state index in [1.54, 1.807) is 6.92 Å². The molecule has 0 saturated heterocycles. The van der Waals surface area contributed by atoms with E-state index in [-0.39, 0.29) is 35.2 Å². The Morgan fingerprint density at radius 3 is 2.32 bits per heavy atom. The lowest BCUT2D eigenvalue weighted by Gasteiger charge is -2.26. The molecular formula is C17H19NO7. The highest BCUT2D eigenvalue weighted by atomic mass is 16.6. The number of hydrogen-bond acceptors (Lipinski definition) is 5. The predicted octanol–water partition coefficient (Wildman–Crippen LogP) is 2.85. The summed E-state index contributed by atoms with van der Waals surface area (Å²) in [5.74, 6) is -3.32. The van der Waals surface area contributed by atoms with Crippen molar-refractivity contribution in [1.82, 2.24) is 0 Å². The summed E-state index contributed by atoms with van der Waals surface area (Å²) in [4.78, 5) is 45.7. The predicted molar refractivity (Wildman–Crippen MR) is 88.6 cm³/mol. The minimum Gasteiger partial charge on any atom is -0.481 e. The first-order valence-corrected chi connectivity index (χ1v) is 7.51. The zero-order valence-corrected chi connectivity index (χ0v) is 13.9. The Morgan fingerprint density at radius 1 is 1.28 bits per heavy atom. The van der Waals surface area contributed by atoms with E-state index >= 15 is 0 Å². The summed E-state index contributed by atoms with van der Waals surface area (Å²) in [7, 11) is 0. The van der Waals surface area contributed by atoms with Crippen molar-refractivity contribution in [1.29, 1.82) is 0 Å². The van der Waals surface area contributed by atoms with Gasteiger partial charge in [0, 0.05) is 29.2 Å². The molecule has 0 heterocycles. The number of carbonyl (C=O) groups excluding carboxylic acids is 1. The molecule has 25 heavy (non-hydrogen) atoms. The molecule has 1 aromatic rings. The molecule has 1 rings (SSSR count). The van der Waals surface area contributed by atoms with E-state index in [4.69, 9.17) is 5.11 Å². The molecule has 1 unspecified atom stereocenters. The first kappa shape index (κ1) is 20.0. The number of carboxylic acids is 2. The number of carboxylic acid groups (broad SMARTS) is 2. The van der Waals surface area contributed by atoms with Crippen LogP contribution in [-0.2, 0) is 16.0 Å². The van der Waals surface area contributed by atoms with E-state index in [9.17, 15) is 29.6 Å². The summed E-state index contributed by atoms with van der Waals surface area (Å²) in [5, 5.41) is 29.4. The van der Waals surface area contributed by atoms with Crippen LogP contribution >= 0.6 is 0 Å². The van der Waals surface area contributed by atoms with Crippen molar-refractivity contribution in [2.45, 2.75) is 33.1 Å². The van der Waals surface area contributed by atoms with Crippen molar-refractivity contribution in [3.8, 4) is 0 Å². The van der Waals surface area contributed by atoms with E-state index in [1.807, 2.05) is 0 Å². The van der Waals surface area contributed by atoms with Crippen LogP contribution in [0.4, 0.5) is 5.69 Å². The molecule has 0 saturated carbocycles. The number of rotatable bonds is 9. The molecule has 0 aromatic heterocycles. The van der Waals surface area contributed by atoms with Gasteiger partial charge in [0.25, 0.3) is 5.69 Å². The van der Waals surface area contributed by atoms with Crippen molar-refractivity contribution in [2.75, 3.05) is 0 Å². The van der Waals surface area contributed by atoms with Crippen LogP contribution in [0.1, 0.15) is 42.6 Å². The minimum absolute atomic E-state index is 0.00417. The number of Topliss-reactive ketones (excluding diaryl/α,β-unsaturated/α-hetero) is 1. The minimum atomic E-state index is -1.79. The number of nitro benzene ring substituents is 1. The maximum Gasteiger partial charge on any atom is 0.313 e. The molecule has 134 valence electrons. The summed E-state index contributed by atoms with van der Waals surface area (Å²) in [6, 6.07) is 3.98. The van der Waals surface area contributed by atoms with E-state index in [0.29, 0.717) is 0 Å². The number of carbonyl (C=O) groups is 3. The number of benzene rings is 1. The largest absolute Gasteiger partial charge is 0.481 e. The topological polar surface area (TPSA) is 135 Å². The fraction of sp³-hybridized carbons (Fsp3) is 0.353. The molecule has 0 aliphatic carbocycles. The molecule has 0 aliphatic heterocycles. The first-order chi connectivity index (χ1) is 11.6. The van der Waals surface area contributed by atoms with Crippen molar-refractivity contribution in [2.24, 2.45) is 5.41 Å². The van der Waals surface area contributed by atoms with Crippen LogP contribution in [0, 0.1) is 15.5 Å². The Labute approximate surface area is 143 Å². The van der Waals surface area contributed by atoms with Crippen LogP contribution in [0.5, 0.6) is 0 Å². The highest BCUT2D eigenvalue weighted by Crippen LogP contribution is 2.35. The zero-order valence-electron chi connectivity index (χ0n) is 13.9. The van der Waals surface area contributed by atoms with Crippen LogP contribution in [0.3, 0.4) is 0 Å². The second-order valence-electron chi connectivity index (χ2n) is 5.75. The summed E-state index contributed by atoms with van der Waals surface area (Å²) < 4.78 is 0. The highest BCUT2D eigenvalue weighted by molar-refractivity contribution is 6.13. The number of aliphatic carboxylic acids is 2. The molecule has 0 spiro atoms. The van der Waals surface area contributed by atoms with Gasteiger partial charge >= 0.3 is 11.9 Å². The fourth-order valence-corrected chi connectivity index (χ4v) is 2.49. The van der Waals surface area contributed by atoms with Crippen LogP contribution in [0.15, 0.2) is 30.4 Å². The molecule has 1 aromatic carbocycles. The average Bonchev–Trinajstić information content (AvgIpc) is 2.56. The Hall–Kier alpha value is -3.03. The van der Waals surface area contributed by atoms with Gasteiger partial charge in [-0.15, -0.1) is 0 Å². The third-order valence-electron chi connectivity index (χ3n) is 4.20. The normalized spacial score (nSPS) is 12.9. The Balaban J connectivity index is 3.36. The molecule has 8 nitrogen and oxygen atoms in total. The van der Waals surface area contributed by atoms with Crippen LogP contribution in [0.25, 0.3) is 0 Å². The molecule has 0 bridgehead atoms. The summed E-state index contributed by atoms with van der Waals surface area (Å²) in [5.41, 5.74) is -2.14. The van der Waals surface area contributed by atoms with Gasteiger partial charge in [-0.25, -0.2) is 0 Å². The lowest BCUT2D eigenvalue weighted by molar-refractivity contribution is -0.385. The van der Waals surface area contributed by atoms with Crippen molar-refractivity contribution in [3.63, 3.8) is 0 Å². The van der Waals surface area contributed by atoms with Gasteiger partial charge in [-0.1, -0.05) is 25.6 Å². The van der Waals surface area contributed by atoms with Crippen LogP contribution in [0.2, 0.25) is 0 Å². The SMILES string of the molecule is C=C(C(=O)c1cccc([N+](=O)[O-])c1CC)C(C)(CCC(=O)O)C(=O)O. The Kier molecular flexibility index (Phi) is 6.16. The monoisotopic (exact) mass is 349 g/mol. The van der Waals surface area contributed by atoms with E-state index in [1.165, 1.54) is 25.1 Å². The standard InChI is InChI=1S/C17H19NO7/c1-4-11-12(6-5-7-13(11)18(24)25)15(21)10(2)17(3,16(22)23)9-8-14(19)20/h5-7H,2,4,8-9H2,1,3H3,(H,19,20)(H,22,23). The van der Waals surface area contributed by atoms with Crippen LogP contribution < -0.4 is 0 Å². The number of hydrogen-bond donors (Lipinski definition) is 2. The molecule has 8 heteroatoms. The average molecular weight is 349 g/mol. The van der Waals surface area contributed by atoms with E-state index in [0.717, 1.165) is 0 Å². The molecule has 1 atom stereocenters. The molecular weight excluding hydrogens is 330 g/mol. The fourth-order valence-electron chi connectivity index (χ4n) is 2.49. The van der Waals surface area contributed by atoms with Crippen molar-refractivity contribution < 1.29 is 29.5 Å². The van der Waals surface area contributed by atoms with Crippen LogP contribution in [-0.4, -0.2) is 32.9 Å². The maximum absolute atomic E-state index is 12.8. The molecule has 0 fully saturated rings. The van der Waals surface area contributed by atoms with Gasteiger partial charge in [0.15, 0.2) is 5.78 Å². The lowest BCUT2D eigenvalue weighted by atomic mass is 9.75. The third kappa shape index (κ3) is 4.09. The number of nitrogens with zero attached hydrogens (tertiary/aromatic N) is 1. The summed E-state index contributed by atoms with van der Waals surface area (Å²) in [6.07, 6.45) is -0.576. The van der Waals surface area contributed by atoms with Crippen molar-refractivity contribution >= 4 is 23.4 Å². The lowest BCUT2D eigenvalue weighted by Crippen LogP contribution is -2.34. The molecule has 0 radical (unpaired) electrons. The van der Waals surface area contributed by atoms with Gasteiger partial charge in [0.1, 0.15) is 0 Å². The van der Waals surface area contributed by atoms with Gasteiger partial charge in [0.2, 0.25) is 0 Å². The highest BCUT2D eigenvalue weighted by Gasteiger charge is 2.40. The Morgan fingerprint density at radius 2 is 1.88 bits per heavy atom. The maximum atomic E-state index is 12.8. The van der Waals surface area contributed by atoms with Gasteiger partial charge in [-0.2, -0.15) is 0 Å². The van der Waals surface area contributed by atoms with Gasteiger partial charge in [0.05, 0.1) is 10.3 Å². The summed E-state index contributed by atoms with van der Waals surface area (Å²) >= 11 is 0. The summed E-state index contributed by atoms with van der Waals surface area (Å²) in [6.45, 7) is 6.42. The quantitative estimate of drug-likeness (QED) is 0.303.